The van der Waals surface area contributed by atoms with E-state index in [4.69, 9.17) is 0 Å². The Bertz CT molecular complexity index is 444. The third kappa shape index (κ3) is 3.78. The first-order valence-corrected chi connectivity index (χ1v) is 8.94. The molecule has 2 fully saturated rings. The van der Waals surface area contributed by atoms with E-state index in [0.717, 1.165) is 24.4 Å². The van der Waals surface area contributed by atoms with Crippen molar-refractivity contribution in [2.45, 2.75) is 57.1 Å². The summed E-state index contributed by atoms with van der Waals surface area (Å²) in [4.78, 5) is 2.63. The van der Waals surface area contributed by atoms with Gasteiger partial charge in [0.05, 0.1) is 0 Å². The van der Waals surface area contributed by atoms with Crippen LogP contribution in [0.25, 0.3) is 0 Å². The third-order valence-electron chi connectivity index (χ3n) is 4.56. The van der Waals surface area contributed by atoms with Crippen LogP contribution in [0.15, 0.2) is 24.3 Å². The number of nitrogens with zero attached hydrogens (tertiary/aromatic N) is 1. The van der Waals surface area contributed by atoms with Crippen LogP contribution in [0, 0.1) is 0 Å². The van der Waals surface area contributed by atoms with Gasteiger partial charge in [-0.1, -0.05) is 31.2 Å². The minimum absolute atomic E-state index is 0.682. The van der Waals surface area contributed by atoms with Crippen LogP contribution in [0.2, 0.25) is 0 Å². The van der Waals surface area contributed by atoms with Gasteiger partial charge in [-0.25, -0.2) is 0 Å². The van der Waals surface area contributed by atoms with Crippen LogP contribution in [-0.2, 0) is 13.1 Å². The van der Waals surface area contributed by atoms with Gasteiger partial charge in [-0.3, -0.25) is 4.90 Å². The van der Waals surface area contributed by atoms with Crippen LogP contribution in [-0.4, -0.2) is 34.5 Å². The lowest BCUT2D eigenvalue weighted by Crippen LogP contribution is -2.43. The normalized spacial score (nSPS) is 27.7. The smallest absolute Gasteiger partial charge is 0.0237 e. The summed E-state index contributed by atoms with van der Waals surface area (Å²) in [6.45, 7) is 8.08. The molecule has 1 aromatic carbocycles. The van der Waals surface area contributed by atoms with E-state index in [1.54, 1.807) is 0 Å². The van der Waals surface area contributed by atoms with Crippen molar-refractivity contribution in [2.24, 2.45) is 0 Å². The first-order chi connectivity index (χ1) is 9.72. The van der Waals surface area contributed by atoms with Gasteiger partial charge in [0.1, 0.15) is 0 Å². The van der Waals surface area contributed by atoms with Crippen molar-refractivity contribution in [1.82, 2.24) is 10.2 Å². The Morgan fingerprint density at radius 2 is 2.05 bits per heavy atom. The molecule has 1 heterocycles. The van der Waals surface area contributed by atoms with Crippen molar-refractivity contribution in [3.63, 3.8) is 0 Å². The van der Waals surface area contributed by atoms with Gasteiger partial charge >= 0.3 is 0 Å². The molecule has 1 saturated heterocycles. The van der Waals surface area contributed by atoms with Gasteiger partial charge in [-0.2, -0.15) is 11.8 Å². The Morgan fingerprint density at radius 1 is 1.25 bits per heavy atom. The summed E-state index contributed by atoms with van der Waals surface area (Å²) >= 11 is 2.11. The van der Waals surface area contributed by atoms with E-state index in [0.29, 0.717) is 6.04 Å². The summed E-state index contributed by atoms with van der Waals surface area (Å²) in [5.41, 5.74) is 2.90. The van der Waals surface area contributed by atoms with E-state index in [2.05, 4.69) is 60.1 Å². The van der Waals surface area contributed by atoms with Crippen molar-refractivity contribution in [3.8, 4) is 0 Å². The Balaban J connectivity index is 1.59. The molecule has 0 spiro atoms. The Hall–Kier alpha value is -0.510. The maximum absolute atomic E-state index is 3.60. The van der Waals surface area contributed by atoms with E-state index in [1.807, 2.05) is 0 Å². The highest BCUT2D eigenvalue weighted by Crippen LogP contribution is 2.26. The molecule has 2 unspecified atom stereocenters. The lowest BCUT2D eigenvalue weighted by atomic mass is 10.1. The number of rotatable bonds is 5. The van der Waals surface area contributed by atoms with Crippen LogP contribution in [0.3, 0.4) is 0 Å². The number of thioether (sulfide) groups is 1. The van der Waals surface area contributed by atoms with Gasteiger partial charge in [-0.05, 0) is 30.9 Å². The second kappa shape index (κ2) is 6.50. The molecule has 0 radical (unpaired) electrons. The highest BCUT2D eigenvalue weighted by molar-refractivity contribution is 8.00. The van der Waals surface area contributed by atoms with Gasteiger partial charge in [0.2, 0.25) is 0 Å². The zero-order chi connectivity index (χ0) is 13.9. The van der Waals surface area contributed by atoms with Gasteiger partial charge in [-0.15, -0.1) is 0 Å². The summed E-state index contributed by atoms with van der Waals surface area (Å²) in [5.74, 6) is 1.27. The Labute approximate surface area is 127 Å². The molecule has 110 valence electrons. The van der Waals surface area contributed by atoms with Crippen LogP contribution >= 0.6 is 11.8 Å². The minimum atomic E-state index is 0.682. The first-order valence-electron chi connectivity index (χ1n) is 7.89. The zero-order valence-corrected chi connectivity index (χ0v) is 13.5. The molecule has 0 amide bonds. The largest absolute Gasteiger partial charge is 0.310 e. The molecule has 0 aromatic heterocycles. The molecular formula is C17H26N2S. The quantitative estimate of drug-likeness (QED) is 0.896. The fourth-order valence-corrected chi connectivity index (χ4v) is 4.00. The Morgan fingerprint density at radius 3 is 2.85 bits per heavy atom. The molecule has 1 saturated carbocycles. The van der Waals surface area contributed by atoms with Gasteiger partial charge in [0.15, 0.2) is 0 Å². The van der Waals surface area contributed by atoms with Gasteiger partial charge in [0.25, 0.3) is 0 Å². The van der Waals surface area contributed by atoms with Crippen molar-refractivity contribution in [2.75, 3.05) is 12.3 Å². The molecule has 3 heteroatoms. The van der Waals surface area contributed by atoms with Crippen molar-refractivity contribution in [3.05, 3.63) is 35.4 Å². The average Bonchev–Trinajstić information content (AvgIpc) is 3.26. The van der Waals surface area contributed by atoms with Crippen LogP contribution in [0.1, 0.15) is 37.8 Å². The molecule has 1 aromatic rings. The molecule has 2 aliphatic rings. The van der Waals surface area contributed by atoms with E-state index in [-0.39, 0.29) is 0 Å². The SMILES string of the molecule is CC1SCCN(Cc2cccc(CNC3CC3)c2)C1C. The molecule has 1 aliphatic heterocycles. The molecule has 1 aliphatic carbocycles. The zero-order valence-electron chi connectivity index (χ0n) is 12.6. The fraction of sp³-hybridized carbons (Fsp3) is 0.647. The minimum Gasteiger partial charge on any atom is -0.310 e. The molecule has 1 N–H and O–H groups in total. The average molecular weight is 290 g/mol. The lowest BCUT2D eigenvalue weighted by molar-refractivity contribution is 0.204. The standard InChI is InChI=1S/C17H26N2S/c1-13-14(2)20-9-8-19(13)12-16-5-3-4-15(10-16)11-18-17-6-7-17/h3-5,10,13-14,17-18H,6-9,11-12H2,1-2H3. The summed E-state index contributed by atoms with van der Waals surface area (Å²) in [6.07, 6.45) is 2.72. The van der Waals surface area contributed by atoms with Gasteiger partial charge in [0, 0.05) is 42.7 Å². The summed E-state index contributed by atoms with van der Waals surface area (Å²) < 4.78 is 0. The number of benzene rings is 1. The highest BCUT2D eigenvalue weighted by Gasteiger charge is 2.25. The second-order valence-corrected chi connectivity index (χ2v) is 7.75. The van der Waals surface area contributed by atoms with Crippen LogP contribution < -0.4 is 5.32 Å². The molecule has 20 heavy (non-hydrogen) atoms. The summed E-state index contributed by atoms with van der Waals surface area (Å²) in [7, 11) is 0. The summed E-state index contributed by atoms with van der Waals surface area (Å²) in [6, 6.07) is 10.6. The molecule has 0 bridgehead atoms. The second-order valence-electron chi connectivity index (χ2n) is 6.26. The predicted molar refractivity (Wildman–Crippen MR) is 88.1 cm³/mol. The van der Waals surface area contributed by atoms with E-state index in [1.165, 1.54) is 36.3 Å². The van der Waals surface area contributed by atoms with Gasteiger partial charge < -0.3 is 5.32 Å². The fourth-order valence-electron chi connectivity index (χ4n) is 2.84. The maximum atomic E-state index is 3.60. The molecule has 3 rings (SSSR count). The first kappa shape index (κ1) is 14.4. The van der Waals surface area contributed by atoms with E-state index >= 15 is 0 Å². The summed E-state index contributed by atoms with van der Waals surface area (Å²) in [5, 5.41) is 4.36. The van der Waals surface area contributed by atoms with Crippen molar-refractivity contribution >= 4 is 11.8 Å². The highest BCUT2D eigenvalue weighted by atomic mass is 32.2. The monoisotopic (exact) mass is 290 g/mol. The maximum Gasteiger partial charge on any atom is 0.0237 e. The van der Waals surface area contributed by atoms with Crippen molar-refractivity contribution < 1.29 is 0 Å². The molecule has 2 nitrogen and oxygen atoms in total. The van der Waals surface area contributed by atoms with Crippen molar-refractivity contribution in [1.29, 1.82) is 0 Å². The number of nitrogens with one attached hydrogen (secondary N) is 1. The Kier molecular flexibility index (Phi) is 4.69. The van der Waals surface area contributed by atoms with Crippen LogP contribution in [0.5, 0.6) is 0 Å². The topological polar surface area (TPSA) is 15.3 Å². The number of hydrogen-bond donors (Lipinski definition) is 1. The van der Waals surface area contributed by atoms with Crippen LogP contribution in [0.4, 0.5) is 0 Å². The molecular weight excluding hydrogens is 264 g/mol. The van der Waals surface area contributed by atoms with E-state index in [9.17, 15) is 0 Å². The lowest BCUT2D eigenvalue weighted by Gasteiger charge is -2.37. The predicted octanol–water partition coefficient (Wildman–Crippen LogP) is 3.26. The molecule has 2 atom stereocenters. The number of hydrogen-bond acceptors (Lipinski definition) is 3. The van der Waals surface area contributed by atoms with E-state index < -0.39 is 0 Å². The third-order valence-corrected chi connectivity index (χ3v) is 5.90.